The van der Waals surface area contributed by atoms with Gasteiger partial charge in [0.15, 0.2) is 6.61 Å². The van der Waals surface area contributed by atoms with Gasteiger partial charge in [0.05, 0.1) is 17.7 Å². The van der Waals surface area contributed by atoms with Crippen molar-refractivity contribution < 1.29 is 23.8 Å². The highest BCUT2D eigenvalue weighted by Crippen LogP contribution is 2.23. The van der Waals surface area contributed by atoms with E-state index >= 15 is 0 Å². The summed E-state index contributed by atoms with van der Waals surface area (Å²) < 4.78 is 14.9. The fourth-order valence-electron chi connectivity index (χ4n) is 1.64. The number of carbonyl (C=O) groups excluding carboxylic acids is 2. The van der Waals surface area contributed by atoms with Gasteiger partial charge in [-0.25, -0.2) is 9.59 Å². The molecule has 2 aromatic rings. The van der Waals surface area contributed by atoms with Gasteiger partial charge in [-0.1, -0.05) is 23.7 Å². The minimum atomic E-state index is -0.578. The number of halogens is 1. The molecule has 0 saturated heterocycles. The number of benzene rings is 2. The van der Waals surface area contributed by atoms with Crippen molar-refractivity contribution in [3.05, 3.63) is 59.1 Å². The first-order valence-corrected chi connectivity index (χ1v) is 6.74. The van der Waals surface area contributed by atoms with Crippen molar-refractivity contribution in [2.45, 2.75) is 0 Å². The Balaban J connectivity index is 1.89. The molecule has 0 atom stereocenters. The van der Waals surface area contributed by atoms with E-state index in [4.69, 9.17) is 21.1 Å². The van der Waals surface area contributed by atoms with E-state index in [-0.39, 0.29) is 6.61 Å². The van der Waals surface area contributed by atoms with Crippen molar-refractivity contribution in [3.8, 4) is 11.5 Å². The van der Waals surface area contributed by atoms with Crippen molar-refractivity contribution in [1.82, 2.24) is 0 Å². The van der Waals surface area contributed by atoms with E-state index in [2.05, 4.69) is 4.74 Å². The molecule has 0 fully saturated rings. The summed E-state index contributed by atoms with van der Waals surface area (Å²) in [4.78, 5) is 23.0. The monoisotopic (exact) mass is 320 g/mol. The number of ether oxygens (including phenoxy) is 3. The van der Waals surface area contributed by atoms with Gasteiger partial charge in [-0.05, 0) is 36.4 Å². The van der Waals surface area contributed by atoms with E-state index in [1.807, 2.05) is 0 Å². The van der Waals surface area contributed by atoms with Crippen LogP contribution < -0.4 is 9.47 Å². The van der Waals surface area contributed by atoms with Gasteiger partial charge in [0.1, 0.15) is 11.5 Å². The molecule has 0 N–H and O–H groups in total. The van der Waals surface area contributed by atoms with Crippen LogP contribution in [0.2, 0.25) is 5.02 Å². The molecule has 0 amide bonds. The first-order chi connectivity index (χ1) is 10.6. The third kappa shape index (κ3) is 4.23. The SMILES string of the molecule is COC(=O)c1ccc(OC(=O)COc2ccccc2Cl)cc1. The minimum absolute atomic E-state index is 0.275. The predicted octanol–water partition coefficient (Wildman–Crippen LogP) is 3.11. The number of esters is 2. The Hall–Kier alpha value is -2.53. The maximum atomic E-state index is 11.7. The van der Waals surface area contributed by atoms with E-state index in [0.717, 1.165) is 0 Å². The smallest absolute Gasteiger partial charge is 0.349 e. The largest absolute Gasteiger partial charge is 0.480 e. The molecule has 0 bridgehead atoms. The summed E-state index contributed by atoms with van der Waals surface area (Å²) >= 11 is 5.91. The zero-order valence-corrected chi connectivity index (χ0v) is 12.5. The summed E-state index contributed by atoms with van der Waals surface area (Å²) in [5.74, 6) is -0.326. The molecule has 0 aliphatic carbocycles. The van der Waals surface area contributed by atoms with Gasteiger partial charge in [-0.2, -0.15) is 0 Å². The van der Waals surface area contributed by atoms with Gasteiger partial charge in [-0.15, -0.1) is 0 Å². The zero-order valence-electron chi connectivity index (χ0n) is 11.7. The van der Waals surface area contributed by atoms with Gasteiger partial charge in [-0.3, -0.25) is 0 Å². The zero-order chi connectivity index (χ0) is 15.9. The van der Waals surface area contributed by atoms with Crippen LogP contribution in [0.5, 0.6) is 11.5 Å². The van der Waals surface area contributed by atoms with E-state index in [9.17, 15) is 9.59 Å². The molecule has 0 aromatic heterocycles. The van der Waals surface area contributed by atoms with Gasteiger partial charge >= 0.3 is 11.9 Å². The summed E-state index contributed by atoms with van der Waals surface area (Å²) in [6, 6.07) is 12.8. The Morgan fingerprint density at radius 3 is 2.36 bits per heavy atom. The van der Waals surface area contributed by atoms with Crippen LogP contribution in [0.4, 0.5) is 0 Å². The summed E-state index contributed by atoms with van der Waals surface area (Å²) in [5.41, 5.74) is 0.370. The number of rotatable bonds is 5. The normalized spacial score (nSPS) is 9.91. The second kappa shape index (κ2) is 7.47. The van der Waals surface area contributed by atoms with Gasteiger partial charge in [0.2, 0.25) is 0 Å². The maximum Gasteiger partial charge on any atom is 0.349 e. The number of hydrogen-bond donors (Lipinski definition) is 0. The summed E-state index contributed by atoms with van der Waals surface area (Å²) in [5, 5.41) is 0.415. The Bertz CT molecular complexity index is 666. The summed E-state index contributed by atoms with van der Waals surface area (Å²) in [6.07, 6.45) is 0. The van der Waals surface area contributed by atoms with Crippen LogP contribution >= 0.6 is 11.6 Å². The first kappa shape index (κ1) is 15.9. The Morgan fingerprint density at radius 2 is 1.73 bits per heavy atom. The van der Waals surface area contributed by atoms with Crippen molar-refractivity contribution in [3.63, 3.8) is 0 Å². The Morgan fingerprint density at radius 1 is 1.05 bits per heavy atom. The van der Waals surface area contributed by atoms with Crippen LogP contribution in [0.1, 0.15) is 10.4 Å². The van der Waals surface area contributed by atoms with E-state index in [0.29, 0.717) is 22.1 Å². The molecule has 2 aromatic carbocycles. The third-order valence-electron chi connectivity index (χ3n) is 2.69. The second-order valence-electron chi connectivity index (χ2n) is 4.21. The number of para-hydroxylation sites is 1. The van der Waals surface area contributed by atoms with Crippen molar-refractivity contribution in [1.29, 1.82) is 0 Å². The lowest BCUT2D eigenvalue weighted by molar-refractivity contribution is -0.136. The summed E-state index contributed by atoms with van der Waals surface area (Å²) in [7, 11) is 1.29. The number of hydrogen-bond acceptors (Lipinski definition) is 5. The van der Waals surface area contributed by atoms with Crippen LogP contribution in [0.3, 0.4) is 0 Å². The Kier molecular flexibility index (Phi) is 5.38. The number of carbonyl (C=O) groups is 2. The van der Waals surface area contributed by atoms with Gasteiger partial charge < -0.3 is 14.2 Å². The van der Waals surface area contributed by atoms with Crippen LogP contribution in [0.25, 0.3) is 0 Å². The molecule has 0 aliphatic rings. The molecule has 0 heterocycles. The predicted molar refractivity (Wildman–Crippen MR) is 80.4 cm³/mol. The van der Waals surface area contributed by atoms with E-state index in [1.165, 1.54) is 31.4 Å². The molecule has 0 radical (unpaired) electrons. The molecule has 6 heteroatoms. The standard InChI is InChI=1S/C16H13ClO5/c1-20-16(19)11-6-8-12(9-7-11)22-15(18)10-21-14-5-3-2-4-13(14)17/h2-9H,10H2,1H3. The highest BCUT2D eigenvalue weighted by atomic mass is 35.5. The lowest BCUT2D eigenvalue weighted by Crippen LogP contribution is -2.17. The fourth-order valence-corrected chi connectivity index (χ4v) is 1.83. The van der Waals surface area contributed by atoms with Crippen LogP contribution in [-0.2, 0) is 9.53 Å². The summed E-state index contributed by atoms with van der Waals surface area (Å²) in [6.45, 7) is -0.275. The molecule has 0 saturated carbocycles. The van der Waals surface area contributed by atoms with Gasteiger partial charge in [0.25, 0.3) is 0 Å². The molecular formula is C16H13ClO5. The van der Waals surface area contributed by atoms with Crippen molar-refractivity contribution >= 4 is 23.5 Å². The molecule has 114 valence electrons. The van der Waals surface area contributed by atoms with Crippen molar-refractivity contribution in [2.75, 3.05) is 13.7 Å². The van der Waals surface area contributed by atoms with Crippen LogP contribution in [0.15, 0.2) is 48.5 Å². The van der Waals surface area contributed by atoms with Gasteiger partial charge in [0, 0.05) is 0 Å². The van der Waals surface area contributed by atoms with E-state index < -0.39 is 11.9 Å². The lowest BCUT2D eigenvalue weighted by Gasteiger charge is -2.08. The van der Waals surface area contributed by atoms with Crippen LogP contribution in [0, 0.1) is 0 Å². The second-order valence-corrected chi connectivity index (χ2v) is 4.62. The molecular weight excluding hydrogens is 308 g/mol. The Labute approximate surface area is 132 Å². The lowest BCUT2D eigenvalue weighted by atomic mass is 10.2. The highest BCUT2D eigenvalue weighted by molar-refractivity contribution is 6.32. The average Bonchev–Trinajstić information content (AvgIpc) is 2.54. The molecule has 2 rings (SSSR count). The fraction of sp³-hybridized carbons (Fsp3) is 0.125. The van der Waals surface area contributed by atoms with E-state index in [1.54, 1.807) is 24.3 Å². The maximum absolute atomic E-state index is 11.7. The topological polar surface area (TPSA) is 61.8 Å². The molecule has 0 spiro atoms. The first-order valence-electron chi connectivity index (χ1n) is 6.36. The molecule has 22 heavy (non-hydrogen) atoms. The van der Waals surface area contributed by atoms with Crippen molar-refractivity contribution in [2.24, 2.45) is 0 Å². The minimum Gasteiger partial charge on any atom is -0.480 e. The van der Waals surface area contributed by atoms with Crippen LogP contribution in [-0.4, -0.2) is 25.7 Å². The molecule has 0 aliphatic heterocycles. The quantitative estimate of drug-likeness (QED) is 0.625. The highest BCUT2D eigenvalue weighted by Gasteiger charge is 2.09. The molecule has 5 nitrogen and oxygen atoms in total. The molecule has 0 unspecified atom stereocenters. The average molecular weight is 321 g/mol. The third-order valence-corrected chi connectivity index (χ3v) is 3.00. The number of methoxy groups -OCH3 is 1.